The van der Waals surface area contributed by atoms with E-state index in [1.165, 1.54) is 38.4 Å². The van der Waals surface area contributed by atoms with Crippen molar-refractivity contribution in [2.24, 2.45) is 0 Å². The summed E-state index contributed by atoms with van der Waals surface area (Å²) in [6.07, 6.45) is 1.48. The highest BCUT2D eigenvalue weighted by Gasteiger charge is 2.15. The average molecular weight is 304 g/mol. The molecule has 22 heavy (non-hydrogen) atoms. The van der Waals surface area contributed by atoms with Crippen molar-refractivity contribution in [2.45, 2.75) is 19.9 Å². The van der Waals surface area contributed by atoms with Crippen LogP contribution >= 0.6 is 0 Å². The van der Waals surface area contributed by atoms with E-state index >= 15 is 0 Å². The molecule has 0 aliphatic heterocycles. The van der Waals surface area contributed by atoms with Crippen LogP contribution in [0.3, 0.4) is 0 Å². The maximum absolute atomic E-state index is 13.7. The van der Waals surface area contributed by atoms with Crippen LogP contribution in [0.25, 0.3) is 0 Å². The van der Waals surface area contributed by atoms with Crippen LogP contribution in [-0.4, -0.2) is 23.8 Å². The van der Waals surface area contributed by atoms with Gasteiger partial charge in [-0.3, -0.25) is 9.59 Å². The van der Waals surface area contributed by atoms with Gasteiger partial charge in [-0.05, 0) is 37.6 Å². The number of nitrogens with one attached hydrogen (secondary N) is 2. The van der Waals surface area contributed by atoms with Crippen LogP contribution in [0.1, 0.15) is 46.3 Å². The second-order valence-corrected chi connectivity index (χ2v) is 4.95. The molecule has 2 rings (SSSR count). The zero-order valence-corrected chi connectivity index (χ0v) is 12.6. The molecule has 1 atom stereocenters. The van der Waals surface area contributed by atoms with E-state index in [0.717, 1.165) is 0 Å². The zero-order chi connectivity index (χ0) is 16.3. The molecule has 0 bridgehead atoms. The Balaban J connectivity index is 2.10. The third kappa shape index (κ3) is 3.33. The summed E-state index contributed by atoms with van der Waals surface area (Å²) < 4.78 is 18.5. The molecule has 1 aromatic heterocycles. The monoisotopic (exact) mass is 304 g/mol. The molecule has 0 saturated heterocycles. The molecule has 2 aromatic rings. The smallest absolute Gasteiger partial charge is 0.268 e. The molecule has 0 aliphatic carbocycles. The summed E-state index contributed by atoms with van der Waals surface area (Å²) in [5.41, 5.74) is 1.34. The van der Waals surface area contributed by atoms with Gasteiger partial charge in [-0.15, -0.1) is 0 Å². The lowest BCUT2D eigenvalue weighted by Crippen LogP contribution is -2.27. The number of Topliss-reactive ketones (excluding diaryl/α,β-unsaturated/α-hetero) is 1. The number of aromatic amines is 1. The number of benzene rings is 1. The van der Waals surface area contributed by atoms with Gasteiger partial charge in [0.25, 0.3) is 5.91 Å². The predicted octanol–water partition coefficient (Wildman–Crippen LogP) is 2.86. The number of methoxy groups -OCH3 is 1. The Morgan fingerprint density at radius 1 is 1.32 bits per heavy atom. The lowest BCUT2D eigenvalue weighted by molar-refractivity contribution is 0.0935. The highest BCUT2D eigenvalue weighted by molar-refractivity contribution is 5.99. The van der Waals surface area contributed by atoms with Crippen LogP contribution in [-0.2, 0) is 0 Å². The summed E-state index contributed by atoms with van der Waals surface area (Å²) in [6.45, 7) is 3.17. The summed E-state index contributed by atoms with van der Waals surface area (Å²) in [5, 5.41) is 2.74. The SMILES string of the molecule is COc1ccc(C(C)NC(=O)c2cc(C(C)=O)c[nH]2)cc1F. The number of carbonyl (C=O) groups is 2. The van der Waals surface area contributed by atoms with Crippen molar-refractivity contribution in [3.05, 3.63) is 53.1 Å². The molecular weight excluding hydrogens is 287 g/mol. The fourth-order valence-electron chi connectivity index (χ4n) is 2.04. The standard InChI is InChI=1S/C16H17FN2O3/c1-9(11-4-5-15(22-3)13(17)6-11)19-16(21)14-7-12(8-18-14)10(2)20/h4-9,18H,1-3H3,(H,19,21). The Labute approximate surface area is 127 Å². The molecule has 5 nitrogen and oxygen atoms in total. The third-order valence-corrected chi connectivity index (χ3v) is 3.36. The van der Waals surface area contributed by atoms with Crippen molar-refractivity contribution in [2.75, 3.05) is 7.11 Å². The van der Waals surface area contributed by atoms with E-state index in [9.17, 15) is 14.0 Å². The summed E-state index contributed by atoms with van der Waals surface area (Å²) in [5.74, 6) is -0.825. The molecule has 1 heterocycles. The van der Waals surface area contributed by atoms with Crippen molar-refractivity contribution in [1.29, 1.82) is 0 Å². The van der Waals surface area contributed by atoms with Gasteiger partial charge in [0, 0.05) is 11.8 Å². The number of rotatable bonds is 5. The van der Waals surface area contributed by atoms with Crippen LogP contribution < -0.4 is 10.1 Å². The van der Waals surface area contributed by atoms with Crippen molar-refractivity contribution in [3.63, 3.8) is 0 Å². The number of aromatic nitrogens is 1. The van der Waals surface area contributed by atoms with Crippen LogP contribution in [0.15, 0.2) is 30.5 Å². The average Bonchev–Trinajstić information content (AvgIpc) is 2.97. The lowest BCUT2D eigenvalue weighted by atomic mass is 10.1. The van der Waals surface area contributed by atoms with E-state index in [-0.39, 0.29) is 23.1 Å². The first-order valence-corrected chi connectivity index (χ1v) is 6.76. The fourth-order valence-corrected chi connectivity index (χ4v) is 2.04. The molecule has 0 saturated carbocycles. The second-order valence-electron chi connectivity index (χ2n) is 4.95. The van der Waals surface area contributed by atoms with Crippen molar-refractivity contribution < 1.29 is 18.7 Å². The second kappa shape index (κ2) is 6.43. The summed E-state index contributed by atoms with van der Waals surface area (Å²) >= 11 is 0. The highest BCUT2D eigenvalue weighted by Crippen LogP contribution is 2.22. The Kier molecular flexibility index (Phi) is 4.60. The molecule has 0 fully saturated rings. The quantitative estimate of drug-likeness (QED) is 0.834. The highest BCUT2D eigenvalue weighted by atomic mass is 19.1. The predicted molar refractivity (Wildman–Crippen MR) is 79.6 cm³/mol. The van der Waals surface area contributed by atoms with Gasteiger partial charge in [0.05, 0.1) is 13.2 Å². The number of amides is 1. The number of H-pyrrole nitrogens is 1. The zero-order valence-electron chi connectivity index (χ0n) is 12.6. The van der Waals surface area contributed by atoms with Crippen LogP contribution in [0, 0.1) is 5.82 Å². The Morgan fingerprint density at radius 2 is 2.05 bits per heavy atom. The third-order valence-electron chi connectivity index (χ3n) is 3.36. The molecule has 116 valence electrons. The van der Waals surface area contributed by atoms with Gasteiger partial charge in [-0.25, -0.2) is 4.39 Å². The maximum atomic E-state index is 13.7. The summed E-state index contributed by atoms with van der Waals surface area (Å²) in [7, 11) is 1.39. The van der Waals surface area contributed by atoms with Gasteiger partial charge >= 0.3 is 0 Å². The number of ether oxygens (including phenoxy) is 1. The van der Waals surface area contributed by atoms with E-state index in [1.54, 1.807) is 13.0 Å². The number of hydrogen-bond acceptors (Lipinski definition) is 3. The van der Waals surface area contributed by atoms with Crippen molar-refractivity contribution in [3.8, 4) is 5.75 Å². The van der Waals surface area contributed by atoms with Gasteiger partial charge in [-0.2, -0.15) is 0 Å². The fraction of sp³-hybridized carbons (Fsp3) is 0.250. The largest absolute Gasteiger partial charge is 0.494 e. The first-order chi connectivity index (χ1) is 10.4. The van der Waals surface area contributed by atoms with E-state index in [4.69, 9.17) is 4.74 Å². The molecule has 1 amide bonds. The maximum Gasteiger partial charge on any atom is 0.268 e. The van der Waals surface area contributed by atoms with E-state index in [1.807, 2.05) is 0 Å². The van der Waals surface area contributed by atoms with Gasteiger partial charge in [0.15, 0.2) is 17.3 Å². The van der Waals surface area contributed by atoms with Gasteiger partial charge in [0.1, 0.15) is 5.69 Å². The number of ketones is 1. The molecule has 6 heteroatoms. The molecule has 0 spiro atoms. The normalized spacial score (nSPS) is 11.8. The van der Waals surface area contributed by atoms with Crippen molar-refractivity contribution in [1.82, 2.24) is 10.3 Å². The van der Waals surface area contributed by atoms with Crippen LogP contribution in [0.2, 0.25) is 0 Å². The molecular formula is C16H17FN2O3. The number of halogens is 1. The van der Waals surface area contributed by atoms with Crippen molar-refractivity contribution >= 4 is 11.7 Å². The first-order valence-electron chi connectivity index (χ1n) is 6.76. The van der Waals surface area contributed by atoms with Gasteiger partial charge in [0.2, 0.25) is 0 Å². The van der Waals surface area contributed by atoms with Crippen LogP contribution in [0.5, 0.6) is 5.75 Å². The number of hydrogen-bond donors (Lipinski definition) is 2. The van der Waals surface area contributed by atoms with E-state index < -0.39 is 11.9 Å². The summed E-state index contributed by atoms with van der Waals surface area (Å²) in [4.78, 5) is 26.1. The minimum Gasteiger partial charge on any atom is -0.494 e. The Bertz CT molecular complexity index is 709. The molecule has 1 unspecified atom stereocenters. The van der Waals surface area contributed by atoms with Gasteiger partial charge in [-0.1, -0.05) is 6.07 Å². The molecule has 2 N–H and O–H groups in total. The number of carbonyl (C=O) groups excluding carboxylic acids is 2. The minimum absolute atomic E-state index is 0.124. The Morgan fingerprint density at radius 3 is 2.59 bits per heavy atom. The Hall–Kier alpha value is -2.63. The molecule has 1 aromatic carbocycles. The lowest BCUT2D eigenvalue weighted by Gasteiger charge is -2.14. The van der Waals surface area contributed by atoms with Crippen LogP contribution in [0.4, 0.5) is 4.39 Å². The summed E-state index contributed by atoms with van der Waals surface area (Å²) in [6, 6.07) is 5.61. The van der Waals surface area contributed by atoms with E-state index in [2.05, 4.69) is 10.3 Å². The minimum atomic E-state index is -0.486. The topological polar surface area (TPSA) is 71.2 Å². The molecule has 0 aliphatic rings. The van der Waals surface area contributed by atoms with Gasteiger partial charge < -0.3 is 15.0 Å². The van der Waals surface area contributed by atoms with E-state index in [0.29, 0.717) is 11.1 Å². The first kappa shape index (κ1) is 15.8. The molecule has 0 radical (unpaired) electrons.